The van der Waals surface area contributed by atoms with Crippen LogP contribution < -0.4 is 5.19 Å². The van der Waals surface area contributed by atoms with Crippen LogP contribution in [-0.4, -0.2) is 8.07 Å². The van der Waals surface area contributed by atoms with Crippen LogP contribution in [-0.2, 0) is 0 Å². The van der Waals surface area contributed by atoms with E-state index in [9.17, 15) is 0 Å². The van der Waals surface area contributed by atoms with E-state index in [0.29, 0.717) is 0 Å². The van der Waals surface area contributed by atoms with E-state index in [0.717, 1.165) is 0 Å². The first-order valence-electron chi connectivity index (χ1n) is 27.2. The summed E-state index contributed by atoms with van der Waals surface area (Å²) in [5.74, 6) is 0. The first-order valence-corrected chi connectivity index (χ1v) is 30.7. The van der Waals surface area contributed by atoms with Crippen molar-refractivity contribution in [3.05, 3.63) is 315 Å². The van der Waals surface area contributed by atoms with Crippen LogP contribution in [0.2, 0.25) is 19.6 Å². The lowest BCUT2D eigenvalue weighted by Crippen LogP contribution is -2.39. The van der Waals surface area contributed by atoms with Gasteiger partial charge in [-0.05, 0) is 157 Å². The Labute approximate surface area is 468 Å². The molecule has 0 spiro atoms. The van der Waals surface area contributed by atoms with Crippen molar-refractivity contribution in [1.29, 1.82) is 0 Å². The van der Waals surface area contributed by atoms with E-state index in [1.807, 2.05) is 18.2 Å². The van der Waals surface area contributed by atoms with Crippen molar-refractivity contribution in [2.24, 2.45) is 0 Å². The van der Waals surface area contributed by atoms with Gasteiger partial charge in [0.2, 0.25) is 0 Å². The Morgan fingerprint density at radius 2 is 0.584 bits per heavy atom. The summed E-state index contributed by atoms with van der Waals surface area (Å²) in [5.41, 5.74) is 25.5. The Balaban J connectivity index is 0.000000195. The topological polar surface area (TPSA) is 0 Å². The second-order valence-corrected chi connectivity index (χ2v) is 26.5. The van der Waals surface area contributed by atoms with Crippen LogP contribution >= 0.6 is 0 Å². The highest BCUT2D eigenvalue weighted by molar-refractivity contribution is 6.89. The largest absolute Gasteiger partial charge is 0.0779 e. The van der Waals surface area contributed by atoms with Crippen molar-refractivity contribution >= 4 is 13.3 Å². The molecule has 1 heteroatoms. The molecule has 0 bridgehead atoms. The van der Waals surface area contributed by atoms with Gasteiger partial charge in [-0.15, -0.1) is 0 Å². The van der Waals surface area contributed by atoms with Gasteiger partial charge in [0, 0.05) is 0 Å². The van der Waals surface area contributed by atoms with Crippen LogP contribution in [0.3, 0.4) is 0 Å². The molecule has 10 rings (SSSR count). The average Bonchev–Trinajstić information content (AvgIpc) is 3.41. The monoisotopic (exact) mass is 1030 g/mol. The molecule has 0 aliphatic heterocycles. The lowest BCUT2D eigenvalue weighted by atomic mass is 10.0. The minimum absolute atomic E-state index is 1.08. The lowest BCUT2D eigenvalue weighted by Gasteiger charge is -2.18. The number of hydrogen-bond donors (Lipinski definition) is 0. The van der Waals surface area contributed by atoms with Crippen molar-refractivity contribution < 1.29 is 0 Å². The predicted molar refractivity (Wildman–Crippen MR) is 346 cm³/mol. The van der Waals surface area contributed by atoms with Crippen molar-refractivity contribution in [3.63, 3.8) is 0 Å². The van der Waals surface area contributed by atoms with E-state index < -0.39 is 8.07 Å². The maximum absolute atomic E-state index is 2.38. The van der Waals surface area contributed by atoms with Gasteiger partial charge in [0.05, 0.1) is 8.07 Å². The van der Waals surface area contributed by atoms with Crippen molar-refractivity contribution in [1.82, 2.24) is 0 Å². The van der Waals surface area contributed by atoms with E-state index in [2.05, 4.69) is 334 Å². The van der Waals surface area contributed by atoms with Crippen LogP contribution in [0.5, 0.6) is 0 Å². The molecule has 0 atom stereocenters. The van der Waals surface area contributed by atoms with Crippen LogP contribution in [0.4, 0.5) is 0 Å². The maximum atomic E-state index is 2.38. The average molecular weight is 1030 g/mol. The molecule has 0 saturated heterocycles. The Bertz CT molecular complexity index is 3190. The van der Waals surface area contributed by atoms with Gasteiger partial charge in [-0.1, -0.05) is 306 Å². The lowest BCUT2D eigenvalue weighted by molar-refractivity contribution is 1.27. The molecule has 0 nitrogen and oxygen atoms in total. The van der Waals surface area contributed by atoms with Crippen molar-refractivity contribution in [2.75, 3.05) is 0 Å². The Morgan fingerprint density at radius 3 is 1.01 bits per heavy atom. The highest BCUT2D eigenvalue weighted by Crippen LogP contribution is 2.23. The molecular weight excluding hydrogens is 941 g/mol. The van der Waals surface area contributed by atoms with E-state index in [4.69, 9.17) is 0 Å². The van der Waals surface area contributed by atoms with Crippen LogP contribution in [0.25, 0.3) is 33.4 Å². The van der Waals surface area contributed by atoms with E-state index in [1.54, 1.807) is 5.19 Å². The van der Waals surface area contributed by atoms with Gasteiger partial charge in [-0.25, -0.2) is 0 Å². The van der Waals surface area contributed by atoms with Gasteiger partial charge in [-0.2, -0.15) is 0 Å². The van der Waals surface area contributed by atoms with Crippen molar-refractivity contribution in [2.45, 2.75) is 110 Å². The summed E-state index contributed by atoms with van der Waals surface area (Å²) in [6, 6.07) is 85.1. The zero-order valence-corrected chi connectivity index (χ0v) is 50.6. The van der Waals surface area contributed by atoms with Crippen LogP contribution in [0.15, 0.2) is 243 Å². The predicted octanol–water partition coefficient (Wildman–Crippen LogP) is 21.4. The first-order chi connectivity index (χ1) is 36.7. The van der Waals surface area contributed by atoms with E-state index >= 15 is 0 Å². The third-order valence-electron chi connectivity index (χ3n) is 13.4. The Morgan fingerprint density at radius 1 is 0.208 bits per heavy atom. The third kappa shape index (κ3) is 22.7. The number of benzene rings is 10. The van der Waals surface area contributed by atoms with Gasteiger partial charge in [0.15, 0.2) is 0 Å². The molecule has 396 valence electrons. The Kier molecular flexibility index (Phi) is 25.8. The normalized spacial score (nSPS) is 10.1. The zero-order valence-electron chi connectivity index (χ0n) is 49.6. The summed E-state index contributed by atoms with van der Waals surface area (Å²) in [5, 5.41) is 1.58. The zero-order chi connectivity index (χ0) is 56.3. The standard InChI is InChI=1S/3C13H12.C10H16Si.3C9H12/c1-11-7-5-6-10-13(11)12-8-3-2-4-9-12;1-11-6-5-9-13(10-11)12-7-3-2-4-8-12;1-11-7-9-13(10-8-11)12-5-3-2-4-6-12;1-9-7-5-6-8-10(9)11(2,3)4;1-7-4-8(2)6-9(3)5-7;1-7-4-5-8(2)9(3)6-7;1-7-5-4-6-8(2)9(7)3/h3*2-10H,1H3;5-8H,1-4H3;3*4-6H,1-3H3. The van der Waals surface area contributed by atoms with Crippen LogP contribution in [0, 0.1) is 90.0 Å². The molecule has 0 N–H and O–H groups in total. The summed E-state index contributed by atoms with van der Waals surface area (Å²) >= 11 is 0. The Hall–Kier alpha value is -7.58. The summed E-state index contributed by atoms with van der Waals surface area (Å²) < 4.78 is 0. The molecule has 0 heterocycles. The molecule has 0 aliphatic carbocycles. The molecule has 77 heavy (non-hydrogen) atoms. The second-order valence-electron chi connectivity index (χ2n) is 21.5. The van der Waals surface area contributed by atoms with Gasteiger partial charge in [-0.3, -0.25) is 0 Å². The smallest absolute Gasteiger partial charge is 0.0656 e. The molecule has 0 amide bonds. The SMILES string of the molecule is Cc1cc(C)cc(C)c1.Cc1ccc(-c2ccccc2)cc1.Cc1ccc(C)c(C)c1.Cc1cccc(-c2ccccc2)c1.Cc1cccc(C)c1C.Cc1ccccc1-c1ccccc1.Cc1ccccc1[Si](C)(C)C. The summed E-state index contributed by atoms with van der Waals surface area (Å²) in [6.07, 6.45) is 0. The fourth-order valence-corrected chi connectivity index (χ4v) is 10.6. The summed E-state index contributed by atoms with van der Waals surface area (Å²) in [4.78, 5) is 0. The molecule has 0 radical (unpaired) electrons. The highest BCUT2D eigenvalue weighted by Gasteiger charge is 2.17. The van der Waals surface area contributed by atoms with Gasteiger partial charge < -0.3 is 0 Å². The minimum atomic E-state index is -1.08. The molecule has 0 unspecified atom stereocenters. The van der Waals surface area contributed by atoms with Gasteiger partial charge in [0.1, 0.15) is 0 Å². The molecular formula is C76H88Si. The van der Waals surface area contributed by atoms with Crippen molar-refractivity contribution in [3.8, 4) is 33.4 Å². The molecule has 0 fully saturated rings. The summed E-state index contributed by atoms with van der Waals surface area (Å²) in [6.45, 7) is 34.9. The highest BCUT2D eigenvalue weighted by atomic mass is 28.3. The number of hydrogen-bond acceptors (Lipinski definition) is 0. The molecule has 10 aromatic carbocycles. The second kappa shape index (κ2) is 32.1. The first kappa shape index (κ1) is 62.0. The number of aryl methyl sites for hydroxylation is 12. The third-order valence-corrected chi connectivity index (χ3v) is 15.5. The fraction of sp³-hybridized carbons (Fsp3) is 0.211. The summed E-state index contributed by atoms with van der Waals surface area (Å²) in [7, 11) is -1.08. The maximum Gasteiger partial charge on any atom is 0.0779 e. The van der Waals surface area contributed by atoms with E-state index in [-0.39, 0.29) is 0 Å². The molecule has 0 aliphatic rings. The van der Waals surface area contributed by atoms with Gasteiger partial charge >= 0.3 is 0 Å². The van der Waals surface area contributed by atoms with E-state index in [1.165, 1.54) is 106 Å². The molecule has 0 saturated carbocycles. The quantitative estimate of drug-likeness (QED) is 0.154. The number of rotatable bonds is 4. The minimum Gasteiger partial charge on any atom is -0.0656 e. The fourth-order valence-electron chi connectivity index (χ4n) is 8.75. The van der Waals surface area contributed by atoms with Crippen LogP contribution in [0.1, 0.15) is 72.3 Å². The molecule has 0 aromatic heterocycles. The van der Waals surface area contributed by atoms with Gasteiger partial charge in [0.25, 0.3) is 0 Å². The molecule has 10 aromatic rings.